The molecule has 105 valence electrons. The quantitative estimate of drug-likeness (QED) is 0.613. The van der Waals surface area contributed by atoms with Crippen molar-refractivity contribution in [1.82, 2.24) is 0 Å². The van der Waals surface area contributed by atoms with Crippen molar-refractivity contribution in [3.8, 4) is 0 Å². The minimum atomic E-state index is -1.26. The molecule has 0 unspecified atom stereocenters. The van der Waals surface area contributed by atoms with Gasteiger partial charge in [0, 0.05) is 0 Å². The van der Waals surface area contributed by atoms with Crippen molar-refractivity contribution in [1.29, 1.82) is 0 Å². The second-order valence-corrected chi connectivity index (χ2v) is 3.87. The molecule has 0 bridgehead atoms. The smallest absolute Gasteiger partial charge is 0.545 e. The van der Waals surface area contributed by atoms with Crippen molar-refractivity contribution < 1.29 is 36.9 Å². The maximum absolute atomic E-state index is 10.6. The van der Waals surface area contributed by atoms with E-state index in [1.165, 1.54) is 48.5 Å². The molecule has 0 aliphatic carbocycles. The zero-order valence-electron chi connectivity index (χ0n) is 10.5. The molecule has 0 N–H and O–H groups in total. The van der Waals surface area contributed by atoms with E-state index in [0.717, 1.165) is 0 Å². The second-order valence-electron chi connectivity index (χ2n) is 3.87. The van der Waals surface area contributed by atoms with Crippen LogP contribution in [0.15, 0.2) is 58.8 Å². The Balaban J connectivity index is 0.00000220. The maximum Gasteiger partial charge on any atom is 2.00 e. The topological polar surface area (TPSA) is 105 Å². The Morgan fingerprint density at radius 3 is 1.19 bits per heavy atom. The standard InChI is InChI=1S/C14H10N2O4.Mn/c17-13(18)9-1-5-11(6-2-9)15-16-12-7-3-10(4-8-12)14(19)20;/h1-8H,(H,17,18)(H,19,20);/q;+2/p-2. The molecule has 0 saturated heterocycles. The van der Waals surface area contributed by atoms with Gasteiger partial charge in [0.2, 0.25) is 0 Å². The monoisotopic (exact) mass is 323 g/mol. The number of hydrogen-bond acceptors (Lipinski definition) is 6. The molecule has 0 amide bonds. The number of rotatable bonds is 4. The van der Waals surface area contributed by atoms with Crippen LogP contribution in [0.5, 0.6) is 0 Å². The van der Waals surface area contributed by atoms with Crippen LogP contribution < -0.4 is 10.2 Å². The second kappa shape index (κ2) is 7.33. The third kappa shape index (κ3) is 4.52. The van der Waals surface area contributed by atoms with Crippen LogP contribution in [0.2, 0.25) is 0 Å². The SMILES string of the molecule is O=C([O-])c1ccc(N=Nc2ccc(C(=O)[O-])cc2)cc1.[Mn+2]. The van der Waals surface area contributed by atoms with Gasteiger partial charge in [-0.05, 0) is 35.4 Å². The molecule has 0 fully saturated rings. The van der Waals surface area contributed by atoms with Gasteiger partial charge in [0.05, 0.1) is 23.3 Å². The van der Waals surface area contributed by atoms with Gasteiger partial charge in [0.1, 0.15) is 0 Å². The van der Waals surface area contributed by atoms with Gasteiger partial charge in [0.15, 0.2) is 0 Å². The van der Waals surface area contributed by atoms with Crippen LogP contribution in [0.25, 0.3) is 0 Å². The van der Waals surface area contributed by atoms with Gasteiger partial charge in [-0.2, -0.15) is 10.2 Å². The molecule has 0 spiro atoms. The first-order valence-electron chi connectivity index (χ1n) is 5.61. The van der Waals surface area contributed by atoms with Crippen molar-refractivity contribution >= 4 is 23.3 Å². The fourth-order valence-electron chi connectivity index (χ4n) is 1.44. The van der Waals surface area contributed by atoms with E-state index < -0.39 is 11.9 Å². The zero-order chi connectivity index (χ0) is 14.5. The molecule has 0 aromatic heterocycles. The van der Waals surface area contributed by atoms with Crippen molar-refractivity contribution in [3.63, 3.8) is 0 Å². The Labute approximate surface area is 130 Å². The zero-order valence-corrected chi connectivity index (χ0v) is 11.7. The van der Waals surface area contributed by atoms with E-state index in [2.05, 4.69) is 10.2 Å². The number of aromatic carboxylic acids is 2. The largest absolute Gasteiger partial charge is 2.00 e. The first-order valence-corrected chi connectivity index (χ1v) is 5.61. The third-order valence-corrected chi connectivity index (χ3v) is 2.49. The van der Waals surface area contributed by atoms with E-state index in [9.17, 15) is 19.8 Å². The number of carboxylic acids is 2. The number of azo groups is 1. The summed E-state index contributed by atoms with van der Waals surface area (Å²) in [4.78, 5) is 21.1. The van der Waals surface area contributed by atoms with Crippen molar-refractivity contribution in [2.75, 3.05) is 0 Å². The number of carboxylic acid groups (broad SMARTS) is 2. The van der Waals surface area contributed by atoms with Crippen LogP contribution in [0.4, 0.5) is 11.4 Å². The van der Waals surface area contributed by atoms with Crippen molar-refractivity contribution in [2.24, 2.45) is 10.2 Å². The molecule has 0 saturated carbocycles. The summed E-state index contributed by atoms with van der Waals surface area (Å²) in [5.41, 5.74) is 1.06. The maximum atomic E-state index is 10.6. The molecule has 2 rings (SSSR count). The van der Waals surface area contributed by atoms with E-state index in [4.69, 9.17) is 0 Å². The van der Waals surface area contributed by atoms with Crippen LogP contribution >= 0.6 is 0 Å². The number of benzene rings is 2. The van der Waals surface area contributed by atoms with Crippen LogP contribution in [-0.4, -0.2) is 11.9 Å². The summed E-state index contributed by atoms with van der Waals surface area (Å²) in [7, 11) is 0. The van der Waals surface area contributed by atoms with Gasteiger partial charge < -0.3 is 19.8 Å². The van der Waals surface area contributed by atoms with Gasteiger partial charge in [0.25, 0.3) is 0 Å². The van der Waals surface area contributed by atoms with Crippen LogP contribution in [0.1, 0.15) is 20.7 Å². The fourth-order valence-corrected chi connectivity index (χ4v) is 1.44. The van der Waals surface area contributed by atoms with Gasteiger partial charge in [-0.1, -0.05) is 24.3 Å². The summed E-state index contributed by atoms with van der Waals surface area (Å²) in [5.74, 6) is -2.52. The molecule has 21 heavy (non-hydrogen) atoms. The van der Waals surface area contributed by atoms with E-state index in [0.29, 0.717) is 11.4 Å². The van der Waals surface area contributed by atoms with Crippen molar-refractivity contribution in [2.45, 2.75) is 0 Å². The first kappa shape index (κ1) is 16.6. The number of carbonyl (C=O) groups excluding carboxylic acids is 2. The Morgan fingerprint density at radius 2 is 0.952 bits per heavy atom. The number of nitrogens with zero attached hydrogens (tertiary/aromatic N) is 2. The normalized spacial score (nSPS) is 10.1. The molecule has 0 aliphatic heterocycles. The predicted octanol–water partition coefficient (Wildman–Crippen LogP) is 0.826. The summed E-state index contributed by atoms with van der Waals surface area (Å²) < 4.78 is 0. The van der Waals surface area contributed by atoms with Gasteiger partial charge in [-0.25, -0.2) is 0 Å². The number of carbonyl (C=O) groups is 2. The summed E-state index contributed by atoms with van der Waals surface area (Å²) in [5, 5.41) is 28.9. The molecule has 0 heterocycles. The van der Waals surface area contributed by atoms with Crippen molar-refractivity contribution in [3.05, 3.63) is 59.7 Å². The van der Waals surface area contributed by atoms with Crippen LogP contribution in [-0.2, 0) is 17.1 Å². The van der Waals surface area contributed by atoms with Gasteiger partial charge in [-0.15, -0.1) is 0 Å². The van der Waals surface area contributed by atoms with E-state index in [1.54, 1.807) is 0 Å². The Bertz CT molecular complexity index is 607. The molecule has 7 heteroatoms. The Kier molecular flexibility index (Phi) is 5.78. The predicted molar refractivity (Wildman–Crippen MR) is 65.7 cm³/mol. The molecule has 1 radical (unpaired) electrons. The molecule has 0 atom stereocenters. The fraction of sp³-hybridized carbons (Fsp3) is 0. The molecule has 2 aromatic carbocycles. The first-order chi connectivity index (χ1) is 9.56. The van der Waals surface area contributed by atoms with Gasteiger partial charge >= 0.3 is 17.1 Å². The molecule has 6 nitrogen and oxygen atoms in total. The number of hydrogen-bond donors (Lipinski definition) is 0. The van der Waals surface area contributed by atoms with E-state index in [-0.39, 0.29) is 28.2 Å². The third-order valence-electron chi connectivity index (χ3n) is 2.49. The average molecular weight is 323 g/mol. The van der Waals surface area contributed by atoms with E-state index >= 15 is 0 Å². The van der Waals surface area contributed by atoms with Gasteiger partial charge in [-0.3, -0.25) is 0 Å². The summed E-state index contributed by atoms with van der Waals surface area (Å²) in [6.45, 7) is 0. The molecular formula is C14H8MnN2O4. The minimum absolute atomic E-state index is 0. The summed E-state index contributed by atoms with van der Waals surface area (Å²) in [6.07, 6.45) is 0. The molecule has 0 aliphatic rings. The Morgan fingerprint density at radius 1 is 0.667 bits per heavy atom. The van der Waals surface area contributed by atoms with E-state index in [1.807, 2.05) is 0 Å². The van der Waals surface area contributed by atoms with Crippen LogP contribution in [0, 0.1) is 0 Å². The minimum Gasteiger partial charge on any atom is -0.545 e. The average Bonchev–Trinajstić information content (AvgIpc) is 2.46. The summed E-state index contributed by atoms with van der Waals surface area (Å²) >= 11 is 0. The Hall–Kier alpha value is -2.50. The molecule has 2 aromatic rings. The van der Waals surface area contributed by atoms with Crippen LogP contribution in [0.3, 0.4) is 0 Å². The molecular weight excluding hydrogens is 315 g/mol. The summed E-state index contributed by atoms with van der Waals surface area (Å²) in [6, 6.07) is 11.4.